The number of aryl methyl sites for hydroxylation is 1. The fourth-order valence-electron chi connectivity index (χ4n) is 2.78. The highest BCUT2D eigenvalue weighted by Crippen LogP contribution is 2.30. The van der Waals surface area contributed by atoms with Crippen molar-refractivity contribution in [1.29, 1.82) is 0 Å². The normalized spacial score (nSPS) is 14.4. The summed E-state index contributed by atoms with van der Waals surface area (Å²) in [5, 5.41) is 15.0. The van der Waals surface area contributed by atoms with E-state index in [0.717, 1.165) is 33.6 Å². The second-order valence-corrected chi connectivity index (χ2v) is 6.15. The van der Waals surface area contributed by atoms with Gasteiger partial charge in [-0.25, -0.2) is 4.98 Å². The van der Waals surface area contributed by atoms with Crippen molar-refractivity contribution in [3.63, 3.8) is 0 Å². The molecule has 0 amide bonds. The van der Waals surface area contributed by atoms with Crippen molar-refractivity contribution < 1.29 is 4.42 Å². The third kappa shape index (κ3) is 2.25. The minimum atomic E-state index is 0.492. The van der Waals surface area contributed by atoms with E-state index in [1.165, 1.54) is 12.8 Å². The van der Waals surface area contributed by atoms with Crippen molar-refractivity contribution in [3.8, 4) is 0 Å². The lowest BCUT2D eigenvalue weighted by atomic mass is 10.2. The van der Waals surface area contributed by atoms with E-state index in [9.17, 15) is 0 Å². The van der Waals surface area contributed by atoms with Crippen LogP contribution >= 0.6 is 0 Å². The van der Waals surface area contributed by atoms with Gasteiger partial charge >= 0.3 is 0 Å². The van der Waals surface area contributed by atoms with Crippen molar-refractivity contribution in [1.82, 2.24) is 20.2 Å². The van der Waals surface area contributed by atoms with Crippen LogP contribution in [0, 0.1) is 6.92 Å². The average molecular weight is 320 g/mol. The van der Waals surface area contributed by atoms with Crippen molar-refractivity contribution in [2.45, 2.75) is 25.8 Å². The van der Waals surface area contributed by atoms with Crippen molar-refractivity contribution in [2.24, 2.45) is 0 Å². The molecule has 0 unspecified atom stereocenters. The average Bonchev–Trinajstić information content (AvgIpc) is 3.13. The van der Waals surface area contributed by atoms with Crippen LogP contribution in [0.5, 0.6) is 0 Å². The number of nitrogens with one attached hydrogen (secondary N) is 3. The summed E-state index contributed by atoms with van der Waals surface area (Å²) in [4.78, 5) is 9.12. The molecular formula is C17H16N6O. The number of aromatic nitrogens is 4. The highest BCUT2D eigenvalue weighted by molar-refractivity contribution is 5.87. The lowest BCUT2D eigenvalue weighted by Crippen LogP contribution is -2.06. The van der Waals surface area contributed by atoms with E-state index >= 15 is 0 Å². The van der Waals surface area contributed by atoms with Crippen LogP contribution < -0.4 is 10.6 Å². The van der Waals surface area contributed by atoms with Crippen LogP contribution in [-0.4, -0.2) is 26.2 Å². The first-order chi connectivity index (χ1) is 11.8. The first kappa shape index (κ1) is 13.4. The summed E-state index contributed by atoms with van der Waals surface area (Å²) in [6, 6.07) is 8.33. The van der Waals surface area contributed by atoms with Gasteiger partial charge in [0.05, 0.1) is 11.8 Å². The molecule has 0 radical (unpaired) electrons. The Balaban J connectivity index is 1.53. The highest BCUT2D eigenvalue weighted by atomic mass is 16.3. The van der Waals surface area contributed by atoms with Crippen molar-refractivity contribution in [3.05, 3.63) is 36.2 Å². The third-order valence-electron chi connectivity index (χ3n) is 4.22. The van der Waals surface area contributed by atoms with Gasteiger partial charge in [-0.2, -0.15) is 10.1 Å². The molecule has 0 atom stereocenters. The Kier molecular flexibility index (Phi) is 2.76. The molecule has 7 heteroatoms. The number of aromatic amines is 1. The minimum absolute atomic E-state index is 0.492. The Morgan fingerprint density at radius 3 is 2.96 bits per heavy atom. The van der Waals surface area contributed by atoms with Crippen molar-refractivity contribution in [2.75, 3.05) is 10.6 Å². The van der Waals surface area contributed by atoms with Gasteiger partial charge in [0.25, 0.3) is 0 Å². The molecule has 0 aliphatic heterocycles. The van der Waals surface area contributed by atoms with Gasteiger partial charge in [-0.3, -0.25) is 5.10 Å². The van der Waals surface area contributed by atoms with E-state index < -0.39 is 0 Å². The molecule has 0 saturated heterocycles. The molecule has 1 aliphatic carbocycles. The van der Waals surface area contributed by atoms with E-state index in [4.69, 9.17) is 4.42 Å². The number of rotatable bonds is 4. The molecule has 7 nitrogen and oxygen atoms in total. The summed E-state index contributed by atoms with van der Waals surface area (Å²) in [5.74, 6) is 1.29. The Hall–Kier alpha value is -3.09. The maximum Gasteiger partial charge on any atom is 0.229 e. The molecule has 3 heterocycles. The van der Waals surface area contributed by atoms with Gasteiger partial charge in [-0.05, 0) is 38.0 Å². The highest BCUT2D eigenvalue weighted by Gasteiger charge is 2.23. The van der Waals surface area contributed by atoms with Gasteiger partial charge in [-0.15, -0.1) is 0 Å². The molecule has 1 fully saturated rings. The maximum absolute atomic E-state index is 5.52. The third-order valence-corrected chi connectivity index (χ3v) is 4.22. The Morgan fingerprint density at radius 2 is 2.08 bits per heavy atom. The second-order valence-electron chi connectivity index (χ2n) is 6.15. The zero-order valence-electron chi connectivity index (χ0n) is 13.1. The Morgan fingerprint density at radius 1 is 1.17 bits per heavy atom. The summed E-state index contributed by atoms with van der Waals surface area (Å²) < 4.78 is 5.52. The fourth-order valence-corrected chi connectivity index (χ4v) is 2.78. The van der Waals surface area contributed by atoms with E-state index in [1.54, 1.807) is 6.26 Å². The van der Waals surface area contributed by atoms with Crippen LogP contribution in [-0.2, 0) is 0 Å². The van der Waals surface area contributed by atoms with E-state index in [-0.39, 0.29) is 0 Å². The van der Waals surface area contributed by atoms with Gasteiger partial charge in [0, 0.05) is 28.9 Å². The zero-order valence-corrected chi connectivity index (χ0v) is 13.1. The summed E-state index contributed by atoms with van der Waals surface area (Å²) in [6.45, 7) is 2.00. The first-order valence-electron chi connectivity index (χ1n) is 8.00. The topological polar surface area (TPSA) is 91.7 Å². The molecule has 0 bridgehead atoms. The molecule has 1 aromatic carbocycles. The zero-order chi connectivity index (χ0) is 16.1. The Bertz CT molecular complexity index is 1050. The van der Waals surface area contributed by atoms with E-state index in [0.29, 0.717) is 17.6 Å². The second kappa shape index (κ2) is 4.95. The number of H-pyrrole nitrogens is 1. The molecule has 3 aromatic heterocycles. The summed E-state index contributed by atoms with van der Waals surface area (Å²) >= 11 is 0. The molecule has 1 saturated carbocycles. The summed E-state index contributed by atoms with van der Waals surface area (Å²) in [5.41, 5.74) is 4.40. The van der Waals surface area contributed by atoms with Gasteiger partial charge in [0.1, 0.15) is 5.52 Å². The molecule has 24 heavy (non-hydrogen) atoms. The smallest absolute Gasteiger partial charge is 0.229 e. The molecule has 3 N–H and O–H groups in total. The summed E-state index contributed by atoms with van der Waals surface area (Å²) in [6.07, 6.45) is 3.99. The SMILES string of the molecule is Cc1[nH]nc2ccc(Nc3nc(NC4CC4)c4occc4n3)cc12. The number of fused-ring (bicyclic) bond motifs is 2. The maximum atomic E-state index is 5.52. The number of hydrogen-bond acceptors (Lipinski definition) is 6. The van der Waals surface area contributed by atoms with Crippen LogP contribution in [0.2, 0.25) is 0 Å². The molecule has 4 aromatic rings. The predicted molar refractivity (Wildman–Crippen MR) is 92.6 cm³/mol. The number of anilines is 3. The van der Waals surface area contributed by atoms with Gasteiger partial charge in [0.15, 0.2) is 11.4 Å². The largest absolute Gasteiger partial charge is 0.459 e. The number of nitrogens with zero attached hydrogens (tertiary/aromatic N) is 3. The van der Waals surface area contributed by atoms with Gasteiger partial charge in [-0.1, -0.05) is 0 Å². The molecular weight excluding hydrogens is 304 g/mol. The lowest BCUT2D eigenvalue weighted by Gasteiger charge is -2.09. The molecule has 5 rings (SSSR count). The van der Waals surface area contributed by atoms with Crippen molar-refractivity contribution >= 4 is 39.5 Å². The number of furan rings is 1. The van der Waals surface area contributed by atoms with Crippen LogP contribution in [0.4, 0.5) is 17.5 Å². The van der Waals surface area contributed by atoms with E-state index in [2.05, 4.69) is 30.8 Å². The van der Waals surface area contributed by atoms with Crippen LogP contribution in [0.3, 0.4) is 0 Å². The van der Waals surface area contributed by atoms with Crippen LogP contribution in [0.1, 0.15) is 18.5 Å². The molecule has 1 aliphatic rings. The monoisotopic (exact) mass is 320 g/mol. The van der Waals surface area contributed by atoms with Crippen LogP contribution in [0.25, 0.3) is 22.0 Å². The quantitative estimate of drug-likeness (QED) is 0.531. The predicted octanol–water partition coefficient (Wildman–Crippen LogP) is 3.73. The molecule has 120 valence electrons. The number of benzene rings is 1. The van der Waals surface area contributed by atoms with E-state index in [1.807, 2.05) is 31.2 Å². The van der Waals surface area contributed by atoms with Gasteiger partial charge in [0.2, 0.25) is 5.95 Å². The molecule has 0 spiro atoms. The van der Waals surface area contributed by atoms with Crippen LogP contribution in [0.15, 0.2) is 34.9 Å². The van der Waals surface area contributed by atoms with Gasteiger partial charge < -0.3 is 15.1 Å². The summed E-state index contributed by atoms with van der Waals surface area (Å²) in [7, 11) is 0. The standard InChI is InChI=1S/C17H16N6O/c1-9-12-8-11(4-5-13(12)23-22-9)19-17-20-14-6-7-24-15(14)16(21-17)18-10-2-3-10/h4-8,10H,2-3H2,1H3,(H,22,23)(H2,18,19,20,21). The first-order valence-corrected chi connectivity index (χ1v) is 8.00. The lowest BCUT2D eigenvalue weighted by molar-refractivity contribution is 0.614. The number of hydrogen-bond donors (Lipinski definition) is 3. The minimum Gasteiger partial charge on any atom is -0.459 e. The fraction of sp³-hybridized carbons (Fsp3) is 0.235. The Labute approximate surface area is 137 Å².